The summed E-state index contributed by atoms with van der Waals surface area (Å²) < 4.78 is 0. The van der Waals surface area contributed by atoms with E-state index in [1.165, 1.54) is 41.5 Å². The van der Waals surface area contributed by atoms with Gasteiger partial charge in [0, 0.05) is 22.4 Å². The van der Waals surface area contributed by atoms with Crippen molar-refractivity contribution in [2.45, 2.75) is 37.3 Å². The molecular weight excluding hydrogens is 410 g/mol. The zero-order valence-electron chi connectivity index (χ0n) is 15.3. The molecular formula is C20H21N3O2S3. The Labute approximate surface area is 175 Å². The van der Waals surface area contributed by atoms with E-state index in [2.05, 4.69) is 21.4 Å². The zero-order chi connectivity index (χ0) is 19.3. The van der Waals surface area contributed by atoms with E-state index < -0.39 is 0 Å². The van der Waals surface area contributed by atoms with Crippen molar-refractivity contribution in [1.82, 2.24) is 15.3 Å². The molecule has 3 aromatic rings. The summed E-state index contributed by atoms with van der Waals surface area (Å²) in [5.41, 5.74) is 2.23. The number of hydrogen-bond donors (Lipinski definition) is 2. The highest BCUT2D eigenvalue weighted by molar-refractivity contribution is 7.99. The van der Waals surface area contributed by atoms with Crippen LogP contribution < -0.4 is 10.9 Å². The molecule has 1 aliphatic rings. The molecule has 8 heteroatoms. The number of amides is 1. The maximum atomic E-state index is 12.6. The fourth-order valence-corrected chi connectivity index (χ4v) is 5.80. The zero-order valence-corrected chi connectivity index (χ0v) is 17.8. The lowest BCUT2D eigenvalue weighted by molar-refractivity contribution is -0.118. The topological polar surface area (TPSA) is 74.8 Å². The first kappa shape index (κ1) is 19.4. The predicted molar refractivity (Wildman–Crippen MR) is 118 cm³/mol. The number of aromatic nitrogens is 2. The number of aromatic amines is 1. The van der Waals surface area contributed by atoms with Gasteiger partial charge >= 0.3 is 0 Å². The van der Waals surface area contributed by atoms with Crippen LogP contribution in [0.5, 0.6) is 0 Å². The Hall–Kier alpha value is -1.90. The molecule has 4 rings (SSSR count). The standard InChI is InChI=1S/C20H21N3O2S3/c24-16(21-9-8-13-5-2-1-3-6-13)12-28-20-22-18(25)17-14(11-27-19(17)23-20)15-7-4-10-26-15/h4-5,7,10-11H,1-3,6,8-9,12H2,(H,21,24)(H,22,23,25). The van der Waals surface area contributed by atoms with Crippen LogP contribution in [0.15, 0.2) is 44.5 Å². The van der Waals surface area contributed by atoms with Crippen LogP contribution in [0, 0.1) is 0 Å². The van der Waals surface area contributed by atoms with E-state index in [0.29, 0.717) is 21.9 Å². The largest absolute Gasteiger partial charge is 0.355 e. The van der Waals surface area contributed by atoms with E-state index in [1.807, 2.05) is 22.9 Å². The number of thiophene rings is 2. The van der Waals surface area contributed by atoms with Crippen LogP contribution in [0.4, 0.5) is 0 Å². The Balaban J connectivity index is 1.35. The molecule has 0 saturated carbocycles. The Bertz CT molecular complexity index is 1050. The Kier molecular flexibility index (Phi) is 6.29. The van der Waals surface area contributed by atoms with E-state index in [9.17, 15) is 9.59 Å². The molecule has 0 radical (unpaired) electrons. The van der Waals surface area contributed by atoms with Crippen molar-refractivity contribution < 1.29 is 4.79 Å². The molecule has 0 aromatic carbocycles. The van der Waals surface area contributed by atoms with Gasteiger partial charge < -0.3 is 10.3 Å². The van der Waals surface area contributed by atoms with Gasteiger partial charge in [0.15, 0.2) is 5.16 Å². The third-order valence-corrected chi connectivity index (χ3v) is 7.35. The molecule has 0 spiro atoms. The van der Waals surface area contributed by atoms with Crippen LogP contribution in [0.3, 0.4) is 0 Å². The summed E-state index contributed by atoms with van der Waals surface area (Å²) in [6.07, 6.45) is 8.09. The molecule has 2 N–H and O–H groups in total. The van der Waals surface area contributed by atoms with Crippen molar-refractivity contribution in [3.63, 3.8) is 0 Å². The fourth-order valence-electron chi connectivity index (χ4n) is 3.29. The van der Waals surface area contributed by atoms with Gasteiger partial charge in [-0.2, -0.15) is 0 Å². The maximum absolute atomic E-state index is 12.6. The van der Waals surface area contributed by atoms with Crippen LogP contribution in [0.1, 0.15) is 32.1 Å². The lowest BCUT2D eigenvalue weighted by Crippen LogP contribution is -2.26. The lowest BCUT2D eigenvalue weighted by atomic mass is 9.97. The van der Waals surface area contributed by atoms with Gasteiger partial charge in [0.05, 0.1) is 11.1 Å². The van der Waals surface area contributed by atoms with Gasteiger partial charge in [-0.3, -0.25) is 9.59 Å². The summed E-state index contributed by atoms with van der Waals surface area (Å²) >= 11 is 4.33. The first-order valence-electron chi connectivity index (χ1n) is 9.33. The number of nitrogens with zero attached hydrogens (tertiary/aromatic N) is 1. The van der Waals surface area contributed by atoms with Crippen molar-refractivity contribution in [3.8, 4) is 10.4 Å². The number of allylic oxidation sites excluding steroid dienone is 1. The summed E-state index contributed by atoms with van der Waals surface area (Å²) in [6, 6.07) is 3.97. The highest BCUT2D eigenvalue weighted by atomic mass is 32.2. The normalized spacial score (nSPS) is 14.2. The molecule has 0 unspecified atom stereocenters. The molecule has 0 aliphatic heterocycles. The molecule has 3 heterocycles. The minimum Gasteiger partial charge on any atom is -0.355 e. The summed E-state index contributed by atoms with van der Waals surface area (Å²) in [6.45, 7) is 0.670. The van der Waals surface area contributed by atoms with E-state index in [-0.39, 0.29) is 17.2 Å². The van der Waals surface area contributed by atoms with Gasteiger partial charge in [-0.1, -0.05) is 29.5 Å². The molecule has 0 bridgehead atoms. The van der Waals surface area contributed by atoms with Crippen molar-refractivity contribution in [2.75, 3.05) is 12.3 Å². The van der Waals surface area contributed by atoms with Gasteiger partial charge in [0.2, 0.25) is 5.91 Å². The molecule has 1 amide bonds. The summed E-state index contributed by atoms with van der Waals surface area (Å²) in [4.78, 5) is 33.8. The Morgan fingerprint density at radius 3 is 3.04 bits per heavy atom. The van der Waals surface area contributed by atoms with Crippen molar-refractivity contribution in [3.05, 3.63) is 44.9 Å². The smallest absolute Gasteiger partial charge is 0.260 e. The van der Waals surface area contributed by atoms with Crippen molar-refractivity contribution >= 4 is 50.6 Å². The highest BCUT2D eigenvalue weighted by Gasteiger charge is 2.14. The number of carbonyl (C=O) groups is 1. The second-order valence-electron chi connectivity index (χ2n) is 6.67. The van der Waals surface area contributed by atoms with Crippen LogP contribution in [0.2, 0.25) is 0 Å². The summed E-state index contributed by atoms with van der Waals surface area (Å²) in [5, 5.41) is 8.04. The number of hydrogen-bond acceptors (Lipinski definition) is 6. The fraction of sp³-hybridized carbons (Fsp3) is 0.350. The van der Waals surface area contributed by atoms with Gasteiger partial charge in [-0.15, -0.1) is 22.7 Å². The van der Waals surface area contributed by atoms with Gasteiger partial charge in [0.1, 0.15) is 4.83 Å². The van der Waals surface area contributed by atoms with Gasteiger partial charge in [-0.05, 0) is 43.6 Å². The van der Waals surface area contributed by atoms with Crippen molar-refractivity contribution in [2.24, 2.45) is 0 Å². The molecule has 1 aliphatic carbocycles. The van der Waals surface area contributed by atoms with Gasteiger partial charge in [-0.25, -0.2) is 4.98 Å². The van der Waals surface area contributed by atoms with Crippen LogP contribution in [-0.4, -0.2) is 28.2 Å². The van der Waals surface area contributed by atoms with Crippen LogP contribution >= 0.6 is 34.4 Å². The van der Waals surface area contributed by atoms with Gasteiger partial charge in [0.25, 0.3) is 5.56 Å². The molecule has 146 valence electrons. The molecule has 0 fully saturated rings. The monoisotopic (exact) mass is 431 g/mol. The average molecular weight is 432 g/mol. The SMILES string of the molecule is O=C(CSc1nc2scc(-c3cccs3)c2c(=O)[nH]1)NCCC1=CCCCC1. The van der Waals surface area contributed by atoms with Crippen LogP contribution in [-0.2, 0) is 4.79 Å². The quantitative estimate of drug-likeness (QED) is 0.320. The molecule has 0 saturated heterocycles. The van der Waals surface area contributed by atoms with Crippen LogP contribution in [0.25, 0.3) is 20.7 Å². The minimum absolute atomic E-state index is 0.0328. The van der Waals surface area contributed by atoms with E-state index >= 15 is 0 Å². The van der Waals surface area contributed by atoms with E-state index in [4.69, 9.17) is 0 Å². The number of rotatable bonds is 7. The average Bonchev–Trinajstić information content (AvgIpc) is 3.37. The number of H-pyrrole nitrogens is 1. The second kappa shape index (κ2) is 9.07. The first-order valence-corrected chi connectivity index (χ1v) is 12.1. The number of thioether (sulfide) groups is 1. The Morgan fingerprint density at radius 1 is 1.32 bits per heavy atom. The predicted octanol–water partition coefficient (Wildman–Crippen LogP) is 4.81. The minimum atomic E-state index is -0.151. The van der Waals surface area contributed by atoms with E-state index in [0.717, 1.165) is 29.7 Å². The first-order chi connectivity index (χ1) is 13.7. The molecule has 5 nitrogen and oxygen atoms in total. The molecule has 28 heavy (non-hydrogen) atoms. The third-order valence-electron chi connectivity index (χ3n) is 4.70. The summed E-state index contributed by atoms with van der Waals surface area (Å²) in [5.74, 6) is 0.214. The second-order valence-corrected chi connectivity index (χ2v) is 9.44. The third kappa shape index (κ3) is 4.56. The number of fused-ring (bicyclic) bond motifs is 1. The molecule has 3 aromatic heterocycles. The number of carbonyl (C=O) groups excluding carboxylic acids is 1. The molecule has 0 atom stereocenters. The lowest BCUT2D eigenvalue weighted by Gasteiger charge is -2.12. The summed E-state index contributed by atoms with van der Waals surface area (Å²) in [7, 11) is 0. The van der Waals surface area contributed by atoms with E-state index in [1.54, 1.807) is 11.3 Å². The maximum Gasteiger partial charge on any atom is 0.260 e. The number of nitrogens with one attached hydrogen (secondary N) is 2. The highest BCUT2D eigenvalue weighted by Crippen LogP contribution is 2.34. The Morgan fingerprint density at radius 2 is 2.25 bits per heavy atom. The van der Waals surface area contributed by atoms with Crippen molar-refractivity contribution in [1.29, 1.82) is 0 Å².